The van der Waals surface area contributed by atoms with Crippen LogP contribution >= 0.6 is 0 Å². The maximum atomic E-state index is 13.5. The van der Waals surface area contributed by atoms with E-state index in [2.05, 4.69) is 5.10 Å². The molecule has 0 radical (unpaired) electrons. The maximum Gasteiger partial charge on any atom is 0.257 e. The lowest BCUT2D eigenvalue weighted by atomic mass is 10.1. The normalized spacial score (nSPS) is 18.3. The standard InChI is InChI=1S/C19H25FN4O3S/c1-14-18(13-22(2)21-14)19(25)24-10-5-7-16(9-11-24)23(3)28(26,27)17-8-4-6-15(20)12-17/h4,6,8,12-13,16H,5,7,9-11H2,1-3H3/t16-/m1/s1. The Balaban J connectivity index is 1.72. The summed E-state index contributed by atoms with van der Waals surface area (Å²) in [4.78, 5) is 14.5. The second-order valence-corrected chi connectivity index (χ2v) is 9.15. The zero-order valence-corrected chi connectivity index (χ0v) is 17.1. The van der Waals surface area contributed by atoms with Gasteiger partial charge in [-0.25, -0.2) is 12.8 Å². The van der Waals surface area contributed by atoms with Gasteiger partial charge >= 0.3 is 0 Å². The molecule has 1 aliphatic heterocycles. The van der Waals surface area contributed by atoms with Crippen LogP contribution in [0.3, 0.4) is 0 Å². The number of hydrogen-bond donors (Lipinski definition) is 0. The van der Waals surface area contributed by atoms with E-state index in [0.29, 0.717) is 43.6 Å². The lowest BCUT2D eigenvalue weighted by Crippen LogP contribution is -2.38. The summed E-state index contributed by atoms with van der Waals surface area (Å²) in [5.41, 5.74) is 1.25. The van der Waals surface area contributed by atoms with Crippen molar-refractivity contribution in [2.45, 2.75) is 37.1 Å². The molecule has 7 nitrogen and oxygen atoms in total. The van der Waals surface area contributed by atoms with Crippen molar-refractivity contribution in [3.05, 3.63) is 47.5 Å². The van der Waals surface area contributed by atoms with Crippen LogP contribution in [-0.2, 0) is 17.1 Å². The molecule has 0 aliphatic carbocycles. The van der Waals surface area contributed by atoms with E-state index >= 15 is 0 Å². The van der Waals surface area contributed by atoms with E-state index in [1.54, 1.807) is 29.7 Å². The third-order valence-corrected chi connectivity index (χ3v) is 7.12. The van der Waals surface area contributed by atoms with E-state index in [1.165, 1.54) is 29.6 Å². The Morgan fingerprint density at radius 2 is 2.04 bits per heavy atom. The summed E-state index contributed by atoms with van der Waals surface area (Å²) >= 11 is 0. The Hall–Kier alpha value is -2.26. The van der Waals surface area contributed by atoms with Crippen LogP contribution in [0, 0.1) is 12.7 Å². The summed E-state index contributed by atoms with van der Waals surface area (Å²) in [5, 5.41) is 4.22. The molecule has 0 saturated carbocycles. The number of sulfonamides is 1. The fraction of sp³-hybridized carbons (Fsp3) is 0.474. The van der Waals surface area contributed by atoms with Gasteiger partial charge in [-0.2, -0.15) is 9.40 Å². The fourth-order valence-electron chi connectivity index (χ4n) is 3.62. The van der Waals surface area contributed by atoms with Crippen LogP contribution in [0.4, 0.5) is 4.39 Å². The van der Waals surface area contributed by atoms with Gasteiger partial charge in [-0.15, -0.1) is 0 Å². The number of aryl methyl sites for hydroxylation is 2. The highest BCUT2D eigenvalue weighted by Crippen LogP contribution is 2.24. The second kappa shape index (κ2) is 8.00. The van der Waals surface area contributed by atoms with Gasteiger partial charge in [0.1, 0.15) is 5.82 Å². The molecule has 1 saturated heterocycles. The molecule has 9 heteroatoms. The Morgan fingerprint density at radius 1 is 1.29 bits per heavy atom. The Labute approximate surface area is 164 Å². The van der Waals surface area contributed by atoms with Gasteiger partial charge in [-0.3, -0.25) is 9.48 Å². The van der Waals surface area contributed by atoms with Gasteiger partial charge in [0.2, 0.25) is 10.0 Å². The van der Waals surface area contributed by atoms with Crippen molar-refractivity contribution < 1.29 is 17.6 Å². The van der Waals surface area contributed by atoms with E-state index in [9.17, 15) is 17.6 Å². The van der Waals surface area contributed by atoms with E-state index in [0.717, 1.165) is 6.07 Å². The molecule has 0 N–H and O–H groups in total. The Bertz CT molecular complexity index is 973. The highest BCUT2D eigenvalue weighted by Gasteiger charge is 2.31. The molecular weight excluding hydrogens is 383 g/mol. The summed E-state index contributed by atoms with van der Waals surface area (Å²) in [7, 11) is -0.500. The first-order chi connectivity index (χ1) is 13.2. The predicted octanol–water partition coefficient (Wildman–Crippen LogP) is 2.18. The van der Waals surface area contributed by atoms with Gasteiger partial charge < -0.3 is 4.90 Å². The Morgan fingerprint density at radius 3 is 2.68 bits per heavy atom. The molecule has 0 unspecified atom stereocenters. The molecule has 1 amide bonds. The van der Waals surface area contributed by atoms with Gasteiger partial charge in [0.05, 0.1) is 16.2 Å². The molecule has 1 aromatic carbocycles. The third kappa shape index (κ3) is 4.10. The van der Waals surface area contributed by atoms with Crippen molar-refractivity contribution in [1.82, 2.24) is 19.0 Å². The number of benzene rings is 1. The molecule has 2 heterocycles. The quantitative estimate of drug-likeness (QED) is 0.777. The van der Waals surface area contributed by atoms with Gasteiger partial charge in [0.15, 0.2) is 0 Å². The smallest absolute Gasteiger partial charge is 0.257 e. The average molecular weight is 408 g/mol. The zero-order chi connectivity index (χ0) is 20.5. The van der Waals surface area contributed by atoms with Crippen LogP contribution in [0.2, 0.25) is 0 Å². The predicted molar refractivity (Wildman–Crippen MR) is 103 cm³/mol. The zero-order valence-electron chi connectivity index (χ0n) is 16.3. The van der Waals surface area contributed by atoms with E-state index in [1.807, 2.05) is 0 Å². The minimum Gasteiger partial charge on any atom is -0.338 e. The largest absolute Gasteiger partial charge is 0.338 e. The van der Waals surface area contributed by atoms with E-state index in [4.69, 9.17) is 0 Å². The summed E-state index contributed by atoms with van der Waals surface area (Å²) in [6, 6.07) is 4.78. The summed E-state index contributed by atoms with van der Waals surface area (Å²) in [6.07, 6.45) is 3.57. The van der Waals surface area contributed by atoms with Crippen molar-refractivity contribution in [3.63, 3.8) is 0 Å². The minimum absolute atomic E-state index is 0.0573. The summed E-state index contributed by atoms with van der Waals surface area (Å²) in [6.45, 7) is 2.82. The van der Waals surface area contributed by atoms with Crippen LogP contribution < -0.4 is 0 Å². The van der Waals surface area contributed by atoms with Crippen LogP contribution in [0.25, 0.3) is 0 Å². The van der Waals surface area contributed by atoms with Crippen LogP contribution in [0.1, 0.15) is 35.3 Å². The SMILES string of the molecule is Cc1nn(C)cc1C(=O)N1CCC[C@@H](N(C)S(=O)(=O)c2cccc(F)c2)CC1. The highest BCUT2D eigenvalue weighted by atomic mass is 32.2. The first-order valence-electron chi connectivity index (χ1n) is 9.23. The van der Waals surface area contributed by atoms with Gasteiger partial charge in [-0.05, 0) is 44.4 Å². The number of hydrogen-bond acceptors (Lipinski definition) is 4. The topological polar surface area (TPSA) is 75.5 Å². The molecule has 3 rings (SSSR count). The molecule has 152 valence electrons. The van der Waals surface area contributed by atoms with Crippen molar-refractivity contribution in [2.75, 3.05) is 20.1 Å². The van der Waals surface area contributed by atoms with Gasteiger partial charge in [0, 0.05) is 39.4 Å². The number of carbonyl (C=O) groups is 1. The molecule has 1 atom stereocenters. The minimum atomic E-state index is -3.79. The number of halogens is 1. The number of likely N-dealkylation sites (tertiary alicyclic amines) is 1. The molecule has 1 aromatic heterocycles. The first-order valence-corrected chi connectivity index (χ1v) is 10.7. The molecule has 1 aliphatic rings. The number of carbonyl (C=O) groups excluding carboxylic acids is 1. The van der Waals surface area contributed by atoms with Crippen molar-refractivity contribution in [2.24, 2.45) is 7.05 Å². The lowest BCUT2D eigenvalue weighted by molar-refractivity contribution is 0.0759. The van der Waals surface area contributed by atoms with Gasteiger partial charge in [-0.1, -0.05) is 6.07 Å². The molecule has 1 fully saturated rings. The van der Waals surface area contributed by atoms with Crippen LogP contribution in [0.5, 0.6) is 0 Å². The monoisotopic (exact) mass is 408 g/mol. The van der Waals surface area contributed by atoms with E-state index < -0.39 is 15.8 Å². The van der Waals surface area contributed by atoms with Crippen LogP contribution in [0.15, 0.2) is 35.4 Å². The van der Waals surface area contributed by atoms with Crippen LogP contribution in [-0.4, -0.2) is 59.5 Å². The Kier molecular flexibility index (Phi) is 5.85. The molecular formula is C19H25FN4O3S. The molecule has 0 spiro atoms. The first kappa shape index (κ1) is 20.5. The average Bonchev–Trinajstić information content (AvgIpc) is 2.85. The molecule has 2 aromatic rings. The van der Waals surface area contributed by atoms with Gasteiger partial charge in [0.25, 0.3) is 5.91 Å². The van der Waals surface area contributed by atoms with Crippen molar-refractivity contribution in [3.8, 4) is 0 Å². The highest BCUT2D eigenvalue weighted by molar-refractivity contribution is 7.89. The maximum absolute atomic E-state index is 13.5. The lowest BCUT2D eigenvalue weighted by Gasteiger charge is -2.26. The second-order valence-electron chi connectivity index (χ2n) is 7.16. The summed E-state index contributed by atoms with van der Waals surface area (Å²) < 4.78 is 42.1. The number of rotatable bonds is 4. The van der Waals surface area contributed by atoms with Crippen molar-refractivity contribution in [1.29, 1.82) is 0 Å². The number of nitrogens with zero attached hydrogens (tertiary/aromatic N) is 4. The number of aromatic nitrogens is 2. The molecule has 0 bridgehead atoms. The fourth-order valence-corrected chi connectivity index (χ4v) is 5.06. The van der Waals surface area contributed by atoms with E-state index in [-0.39, 0.29) is 16.8 Å². The molecule has 28 heavy (non-hydrogen) atoms. The third-order valence-electron chi connectivity index (χ3n) is 5.22. The van der Waals surface area contributed by atoms with Crippen molar-refractivity contribution >= 4 is 15.9 Å². The number of amides is 1. The summed E-state index contributed by atoms with van der Waals surface area (Å²) in [5.74, 6) is -0.666.